The molecule has 0 radical (unpaired) electrons. The molecule has 1 N–H and O–H groups in total. The van der Waals surface area contributed by atoms with Gasteiger partial charge < -0.3 is 5.32 Å². The highest BCUT2D eigenvalue weighted by Crippen LogP contribution is 2.20. The van der Waals surface area contributed by atoms with Gasteiger partial charge >= 0.3 is 0 Å². The molecule has 3 rings (SSSR count). The van der Waals surface area contributed by atoms with Crippen LogP contribution in [0.4, 0.5) is 0 Å². The van der Waals surface area contributed by atoms with Crippen molar-refractivity contribution in [2.45, 2.75) is 33.0 Å². The van der Waals surface area contributed by atoms with Crippen molar-refractivity contribution < 1.29 is 0 Å². The maximum absolute atomic E-state index is 4.59. The Kier molecular flexibility index (Phi) is 4.32. The average Bonchev–Trinajstić information content (AvgIpc) is 2.47. The third-order valence-electron chi connectivity index (χ3n) is 4.06. The highest BCUT2D eigenvalue weighted by Gasteiger charge is 2.13. The van der Waals surface area contributed by atoms with E-state index in [-0.39, 0.29) is 0 Å². The molecule has 0 saturated heterocycles. The van der Waals surface area contributed by atoms with Gasteiger partial charge in [-0.2, -0.15) is 0 Å². The summed E-state index contributed by atoms with van der Waals surface area (Å²) in [6.07, 6.45) is 1.14. The summed E-state index contributed by atoms with van der Waals surface area (Å²) in [5, 5.41) is 3.44. The minimum atomic E-state index is 0.892. The van der Waals surface area contributed by atoms with E-state index in [0.29, 0.717) is 0 Å². The highest BCUT2D eigenvalue weighted by molar-refractivity contribution is 5.37. The molecule has 0 amide bonds. The summed E-state index contributed by atoms with van der Waals surface area (Å²) in [6, 6.07) is 12.9. The van der Waals surface area contributed by atoms with E-state index >= 15 is 0 Å². The predicted octanol–water partition coefficient (Wildman–Crippen LogP) is 2.67. The lowest BCUT2D eigenvalue weighted by Gasteiger charge is -2.23. The molecule has 0 unspecified atom stereocenters. The fourth-order valence-corrected chi connectivity index (χ4v) is 3.07. The molecule has 110 valence electrons. The van der Waals surface area contributed by atoms with E-state index < -0.39 is 0 Å². The van der Waals surface area contributed by atoms with Crippen LogP contribution in [0.3, 0.4) is 0 Å². The van der Waals surface area contributed by atoms with Crippen LogP contribution in [0.15, 0.2) is 36.4 Å². The van der Waals surface area contributed by atoms with Crippen molar-refractivity contribution in [1.82, 2.24) is 15.2 Å². The normalized spacial score (nSPS) is 14.2. The molecule has 1 aromatic carbocycles. The van der Waals surface area contributed by atoms with E-state index in [2.05, 4.69) is 52.6 Å². The van der Waals surface area contributed by atoms with Gasteiger partial charge in [-0.05, 0) is 55.8 Å². The van der Waals surface area contributed by atoms with E-state index in [1.165, 1.54) is 11.1 Å². The largest absolute Gasteiger partial charge is 0.312 e. The number of nitrogens with zero attached hydrogens (tertiary/aromatic N) is 2. The lowest BCUT2D eigenvalue weighted by Crippen LogP contribution is -2.26. The molecule has 0 spiro atoms. The summed E-state index contributed by atoms with van der Waals surface area (Å²) < 4.78 is 0. The quantitative estimate of drug-likeness (QED) is 0.934. The maximum Gasteiger partial charge on any atom is 0.0547 e. The molecule has 1 aliphatic rings. The Morgan fingerprint density at radius 2 is 2.00 bits per heavy atom. The first-order valence-corrected chi connectivity index (χ1v) is 7.64. The van der Waals surface area contributed by atoms with Crippen molar-refractivity contribution in [1.29, 1.82) is 0 Å². The predicted molar refractivity (Wildman–Crippen MR) is 86.0 cm³/mol. The first-order chi connectivity index (χ1) is 10.2. The monoisotopic (exact) mass is 281 g/mol. The van der Waals surface area contributed by atoms with Crippen molar-refractivity contribution in [2.24, 2.45) is 0 Å². The van der Waals surface area contributed by atoms with Gasteiger partial charge in [0.25, 0.3) is 0 Å². The standard InChI is InChI=1S/C18H23N3/c1-14-5-3-8-17(20-14)13-21(2)12-16-7-4-6-15-11-19-10-9-18(15)16/h3-8,19H,9-13H2,1-2H3. The second kappa shape index (κ2) is 6.37. The molecule has 0 aliphatic carbocycles. The van der Waals surface area contributed by atoms with Crippen LogP contribution in [0.25, 0.3) is 0 Å². The summed E-state index contributed by atoms with van der Waals surface area (Å²) in [6.45, 7) is 6.02. The molecule has 0 saturated carbocycles. The Morgan fingerprint density at radius 3 is 2.86 bits per heavy atom. The first kappa shape index (κ1) is 14.2. The molecule has 2 aromatic rings. The average molecular weight is 281 g/mol. The molecule has 1 aromatic heterocycles. The van der Waals surface area contributed by atoms with Gasteiger partial charge in [0.1, 0.15) is 0 Å². The Balaban J connectivity index is 1.71. The number of aromatic nitrogens is 1. The highest BCUT2D eigenvalue weighted by atomic mass is 15.1. The summed E-state index contributed by atoms with van der Waals surface area (Å²) >= 11 is 0. The number of hydrogen-bond acceptors (Lipinski definition) is 3. The van der Waals surface area contributed by atoms with Gasteiger partial charge in [-0.15, -0.1) is 0 Å². The first-order valence-electron chi connectivity index (χ1n) is 7.64. The van der Waals surface area contributed by atoms with E-state index in [0.717, 1.165) is 44.0 Å². The summed E-state index contributed by atoms with van der Waals surface area (Å²) in [7, 11) is 2.17. The molecule has 0 bridgehead atoms. The Hall–Kier alpha value is -1.71. The minimum Gasteiger partial charge on any atom is -0.312 e. The Bertz CT molecular complexity index is 622. The van der Waals surface area contributed by atoms with Crippen LogP contribution in [-0.2, 0) is 26.1 Å². The summed E-state index contributed by atoms with van der Waals surface area (Å²) in [4.78, 5) is 6.94. The number of aryl methyl sites for hydroxylation is 1. The molecule has 2 heterocycles. The van der Waals surface area contributed by atoms with Gasteiger partial charge in [0.2, 0.25) is 0 Å². The second-order valence-electron chi connectivity index (χ2n) is 5.92. The topological polar surface area (TPSA) is 28.2 Å². The second-order valence-corrected chi connectivity index (χ2v) is 5.92. The van der Waals surface area contributed by atoms with E-state index in [4.69, 9.17) is 0 Å². The van der Waals surface area contributed by atoms with Crippen molar-refractivity contribution in [3.05, 3.63) is 64.5 Å². The lowest BCUT2D eigenvalue weighted by molar-refractivity contribution is 0.313. The van der Waals surface area contributed by atoms with Crippen LogP contribution in [0.2, 0.25) is 0 Å². The molecule has 0 atom stereocenters. The number of hydrogen-bond donors (Lipinski definition) is 1. The molecule has 0 fully saturated rings. The fourth-order valence-electron chi connectivity index (χ4n) is 3.07. The molecular formula is C18H23N3. The van der Waals surface area contributed by atoms with Crippen LogP contribution in [0.1, 0.15) is 28.1 Å². The smallest absolute Gasteiger partial charge is 0.0547 e. The zero-order chi connectivity index (χ0) is 14.7. The van der Waals surface area contributed by atoms with Gasteiger partial charge in [0, 0.05) is 25.3 Å². The number of fused-ring (bicyclic) bond motifs is 1. The number of nitrogens with one attached hydrogen (secondary N) is 1. The van der Waals surface area contributed by atoms with Crippen molar-refractivity contribution in [3.8, 4) is 0 Å². The van der Waals surface area contributed by atoms with Crippen LogP contribution >= 0.6 is 0 Å². The third-order valence-corrected chi connectivity index (χ3v) is 4.06. The summed E-state index contributed by atoms with van der Waals surface area (Å²) in [5.41, 5.74) is 6.69. The maximum atomic E-state index is 4.59. The minimum absolute atomic E-state index is 0.892. The van der Waals surface area contributed by atoms with E-state index in [1.807, 2.05) is 13.0 Å². The van der Waals surface area contributed by atoms with Crippen LogP contribution in [0, 0.1) is 6.92 Å². The van der Waals surface area contributed by atoms with Gasteiger partial charge in [-0.3, -0.25) is 9.88 Å². The van der Waals surface area contributed by atoms with Crippen LogP contribution < -0.4 is 5.32 Å². The lowest BCUT2D eigenvalue weighted by atomic mass is 9.95. The molecule has 1 aliphatic heterocycles. The number of pyridine rings is 1. The van der Waals surface area contributed by atoms with Gasteiger partial charge in [0.05, 0.1) is 5.69 Å². The van der Waals surface area contributed by atoms with Crippen molar-refractivity contribution in [2.75, 3.05) is 13.6 Å². The van der Waals surface area contributed by atoms with Crippen molar-refractivity contribution in [3.63, 3.8) is 0 Å². The van der Waals surface area contributed by atoms with Crippen LogP contribution in [0.5, 0.6) is 0 Å². The van der Waals surface area contributed by atoms with E-state index in [1.54, 1.807) is 5.56 Å². The number of rotatable bonds is 4. The molecular weight excluding hydrogens is 258 g/mol. The Morgan fingerprint density at radius 1 is 1.14 bits per heavy atom. The summed E-state index contributed by atoms with van der Waals surface area (Å²) in [5.74, 6) is 0. The molecule has 3 nitrogen and oxygen atoms in total. The van der Waals surface area contributed by atoms with Gasteiger partial charge in [-0.25, -0.2) is 0 Å². The van der Waals surface area contributed by atoms with Crippen molar-refractivity contribution >= 4 is 0 Å². The Labute approximate surface area is 127 Å². The zero-order valence-electron chi connectivity index (χ0n) is 12.9. The van der Waals surface area contributed by atoms with E-state index in [9.17, 15) is 0 Å². The fraction of sp³-hybridized carbons (Fsp3) is 0.389. The van der Waals surface area contributed by atoms with Gasteiger partial charge in [-0.1, -0.05) is 24.3 Å². The number of benzene rings is 1. The molecule has 21 heavy (non-hydrogen) atoms. The zero-order valence-corrected chi connectivity index (χ0v) is 12.9. The van der Waals surface area contributed by atoms with Crippen LogP contribution in [-0.4, -0.2) is 23.5 Å². The van der Waals surface area contributed by atoms with Gasteiger partial charge in [0.15, 0.2) is 0 Å². The SMILES string of the molecule is Cc1cccc(CN(C)Cc2cccc3c2CCNC3)n1. The molecule has 3 heteroatoms. The third kappa shape index (κ3) is 3.49.